The molecule has 0 aliphatic carbocycles. The van der Waals surface area contributed by atoms with Crippen LogP contribution in [0.1, 0.15) is 48.3 Å². The van der Waals surface area contributed by atoms with E-state index >= 15 is 0 Å². The predicted octanol–water partition coefficient (Wildman–Crippen LogP) is 2.75. The quantitative estimate of drug-likeness (QED) is 0.907. The lowest BCUT2D eigenvalue weighted by Crippen LogP contribution is -2.42. The summed E-state index contributed by atoms with van der Waals surface area (Å²) in [4.78, 5) is 7.02. The van der Waals surface area contributed by atoms with Gasteiger partial charge in [0.15, 0.2) is 0 Å². The SMILES string of the molecule is Cc1cc(C)c(C(C)NC2CCN(C)CC2)c(C)n1. The minimum atomic E-state index is 0.390. The van der Waals surface area contributed by atoms with Crippen LogP contribution in [0.15, 0.2) is 6.07 Å². The molecule has 1 aliphatic heterocycles. The van der Waals surface area contributed by atoms with Gasteiger partial charge in [0.25, 0.3) is 0 Å². The normalized spacial score (nSPS) is 19.6. The molecular formula is C16H27N3. The fourth-order valence-electron chi connectivity index (χ4n) is 3.30. The van der Waals surface area contributed by atoms with Crippen molar-refractivity contribution in [3.8, 4) is 0 Å². The highest BCUT2D eigenvalue weighted by Gasteiger charge is 2.20. The molecule has 2 heterocycles. The monoisotopic (exact) mass is 261 g/mol. The number of aryl methyl sites for hydroxylation is 3. The van der Waals surface area contributed by atoms with Gasteiger partial charge in [0.1, 0.15) is 0 Å². The maximum atomic E-state index is 4.61. The van der Waals surface area contributed by atoms with E-state index in [9.17, 15) is 0 Å². The molecule has 19 heavy (non-hydrogen) atoms. The Morgan fingerprint density at radius 1 is 1.26 bits per heavy atom. The first-order valence-electron chi connectivity index (χ1n) is 7.36. The van der Waals surface area contributed by atoms with Crippen LogP contribution in [0.2, 0.25) is 0 Å². The molecule has 3 nitrogen and oxygen atoms in total. The summed E-state index contributed by atoms with van der Waals surface area (Å²) in [7, 11) is 2.21. The molecule has 0 amide bonds. The van der Waals surface area contributed by atoms with Crippen molar-refractivity contribution in [3.05, 3.63) is 28.6 Å². The second kappa shape index (κ2) is 6.02. The molecule has 0 bridgehead atoms. The lowest BCUT2D eigenvalue weighted by molar-refractivity contribution is 0.226. The van der Waals surface area contributed by atoms with Crippen molar-refractivity contribution in [2.45, 2.75) is 52.6 Å². The van der Waals surface area contributed by atoms with Gasteiger partial charge in [-0.3, -0.25) is 4.98 Å². The van der Waals surface area contributed by atoms with Crippen molar-refractivity contribution < 1.29 is 0 Å². The first kappa shape index (κ1) is 14.5. The molecule has 1 aromatic heterocycles. The Morgan fingerprint density at radius 3 is 2.47 bits per heavy atom. The van der Waals surface area contributed by atoms with Crippen LogP contribution in [-0.2, 0) is 0 Å². The Labute approximate surface area is 117 Å². The van der Waals surface area contributed by atoms with E-state index in [-0.39, 0.29) is 0 Å². The smallest absolute Gasteiger partial charge is 0.0426 e. The van der Waals surface area contributed by atoms with E-state index in [1.807, 2.05) is 0 Å². The molecule has 0 saturated carbocycles. The fourth-order valence-corrected chi connectivity index (χ4v) is 3.30. The summed E-state index contributed by atoms with van der Waals surface area (Å²) in [6.07, 6.45) is 2.50. The largest absolute Gasteiger partial charge is 0.307 e. The zero-order valence-electron chi connectivity index (χ0n) is 13.0. The third-order valence-corrected chi connectivity index (χ3v) is 4.22. The Kier molecular flexibility index (Phi) is 4.58. The van der Waals surface area contributed by atoms with Crippen molar-refractivity contribution in [1.82, 2.24) is 15.2 Å². The molecule has 1 saturated heterocycles. The second-order valence-corrected chi connectivity index (χ2v) is 6.05. The molecular weight excluding hydrogens is 234 g/mol. The average molecular weight is 261 g/mol. The molecule has 1 fully saturated rings. The third-order valence-electron chi connectivity index (χ3n) is 4.22. The number of rotatable bonds is 3. The third kappa shape index (κ3) is 3.54. The summed E-state index contributed by atoms with van der Waals surface area (Å²) in [5.41, 5.74) is 5.03. The number of piperidine rings is 1. The van der Waals surface area contributed by atoms with Gasteiger partial charge in [-0.1, -0.05) is 0 Å². The van der Waals surface area contributed by atoms with Crippen LogP contribution in [0.25, 0.3) is 0 Å². The van der Waals surface area contributed by atoms with Crippen molar-refractivity contribution >= 4 is 0 Å². The molecule has 0 spiro atoms. The van der Waals surface area contributed by atoms with Crippen LogP contribution in [0.4, 0.5) is 0 Å². The molecule has 0 radical (unpaired) electrons. The van der Waals surface area contributed by atoms with Crippen LogP contribution < -0.4 is 5.32 Å². The number of nitrogens with one attached hydrogen (secondary N) is 1. The van der Waals surface area contributed by atoms with Crippen molar-refractivity contribution in [2.75, 3.05) is 20.1 Å². The second-order valence-electron chi connectivity index (χ2n) is 6.05. The Balaban J connectivity index is 2.06. The Hall–Kier alpha value is -0.930. The zero-order chi connectivity index (χ0) is 14.0. The minimum Gasteiger partial charge on any atom is -0.307 e. The van der Waals surface area contributed by atoms with Gasteiger partial charge in [-0.05, 0) is 77.9 Å². The van der Waals surface area contributed by atoms with Crippen LogP contribution in [-0.4, -0.2) is 36.1 Å². The highest BCUT2D eigenvalue weighted by molar-refractivity contribution is 5.33. The van der Waals surface area contributed by atoms with Crippen molar-refractivity contribution in [3.63, 3.8) is 0 Å². The molecule has 1 aromatic rings. The van der Waals surface area contributed by atoms with Gasteiger partial charge in [0, 0.05) is 23.5 Å². The van der Waals surface area contributed by atoms with Gasteiger partial charge in [-0.2, -0.15) is 0 Å². The van der Waals surface area contributed by atoms with Gasteiger partial charge in [-0.15, -0.1) is 0 Å². The fraction of sp³-hybridized carbons (Fsp3) is 0.688. The molecule has 0 aromatic carbocycles. The van der Waals surface area contributed by atoms with Crippen LogP contribution in [0.5, 0.6) is 0 Å². The Morgan fingerprint density at radius 2 is 1.89 bits per heavy atom. The number of nitrogens with zero attached hydrogens (tertiary/aromatic N) is 2. The lowest BCUT2D eigenvalue weighted by Gasteiger charge is -2.32. The molecule has 3 heteroatoms. The van der Waals surface area contributed by atoms with Gasteiger partial charge in [-0.25, -0.2) is 0 Å². The predicted molar refractivity (Wildman–Crippen MR) is 80.5 cm³/mol. The van der Waals surface area contributed by atoms with Crippen LogP contribution in [0, 0.1) is 20.8 Å². The number of pyridine rings is 1. The standard InChI is InChI=1S/C16H27N3/c1-11-10-12(2)17-13(3)16(11)14(4)18-15-6-8-19(5)9-7-15/h10,14-15,18H,6-9H2,1-5H3. The van der Waals surface area contributed by atoms with Crippen molar-refractivity contribution in [1.29, 1.82) is 0 Å². The van der Waals surface area contributed by atoms with Crippen LogP contribution >= 0.6 is 0 Å². The van der Waals surface area contributed by atoms with E-state index in [4.69, 9.17) is 0 Å². The summed E-state index contributed by atoms with van der Waals surface area (Å²) >= 11 is 0. The number of hydrogen-bond acceptors (Lipinski definition) is 3. The van der Waals surface area contributed by atoms with E-state index in [1.165, 1.54) is 42.8 Å². The average Bonchev–Trinajstić information content (AvgIpc) is 2.30. The van der Waals surface area contributed by atoms with E-state index in [1.54, 1.807) is 0 Å². The molecule has 1 atom stereocenters. The van der Waals surface area contributed by atoms with Gasteiger partial charge < -0.3 is 10.2 Å². The number of hydrogen-bond donors (Lipinski definition) is 1. The highest BCUT2D eigenvalue weighted by Crippen LogP contribution is 2.23. The molecule has 1 unspecified atom stereocenters. The maximum Gasteiger partial charge on any atom is 0.0426 e. The number of aromatic nitrogens is 1. The summed E-state index contributed by atoms with van der Waals surface area (Å²) < 4.78 is 0. The highest BCUT2D eigenvalue weighted by atomic mass is 15.1. The zero-order valence-corrected chi connectivity index (χ0v) is 13.0. The number of likely N-dealkylation sites (tertiary alicyclic amines) is 1. The topological polar surface area (TPSA) is 28.2 Å². The maximum absolute atomic E-state index is 4.61. The van der Waals surface area contributed by atoms with Crippen molar-refractivity contribution in [2.24, 2.45) is 0 Å². The first-order chi connectivity index (χ1) is 8.97. The molecule has 106 valence electrons. The first-order valence-corrected chi connectivity index (χ1v) is 7.36. The minimum absolute atomic E-state index is 0.390. The van der Waals surface area contributed by atoms with Gasteiger partial charge in [0.05, 0.1) is 0 Å². The molecule has 1 aliphatic rings. The molecule has 1 N–H and O–H groups in total. The lowest BCUT2D eigenvalue weighted by atomic mass is 9.97. The van der Waals surface area contributed by atoms with E-state index in [0.29, 0.717) is 12.1 Å². The summed E-state index contributed by atoms with van der Waals surface area (Å²) in [5.74, 6) is 0. The van der Waals surface area contributed by atoms with E-state index in [0.717, 1.165) is 5.69 Å². The summed E-state index contributed by atoms with van der Waals surface area (Å²) in [6, 6.07) is 3.22. The molecule has 2 rings (SSSR count). The van der Waals surface area contributed by atoms with E-state index < -0.39 is 0 Å². The van der Waals surface area contributed by atoms with Crippen LogP contribution in [0.3, 0.4) is 0 Å². The van der Waals surface area contributed by atoms with Gasteiger partial charge in [0.2, 0.25) is 0 Å². The summed E-state index contributed by atoms with van der Waals surface area (Å²) in [5, 5.41) is 3.79. The Bertz CT molecular complexity index is 411. The van der Waals surface area contributed by atoms with Gasteiger partial charge >= 0.3 is 0 Å². The summed E-state index contributed by atoms with van der Waals surface area (Å²) in [6.45, 7) is 11.1. The van der Waals surface area contributed by atoms with E-state index in [2.05, 4.69) is 56.0 Å².